The lowest BCUT2D eigenvalue weighted by Gasteiger charge is -2.35. The summed E-state index contributed by atoms with van der Waals surface area (Å²) in [5.41, 5.74) is 6.32. The van der Waals surface area contributed by atoms with Crippen LogP contribution in [0.2, 0.25) is 0 Å². The van der Waals surface area contributed by atoms with Crippen LogP contribution in [0.25, 0.3) is 5.52 Å². The van der Waals surface area contributed by atoms with E-state index in [9.17, 15) is 4.79 Å². The number of piperazine rings is 1. The van der Waals surface area contributed by atoms with Crippen LogP contribution in [0.5, 0.6) is 0 Å². The highest BCUT2D eigenvalue weighted by atomic mass is 16.1. The van der Waals surface area contributed by atoms with Crippen molar-refractivity contribution in [3.05, 3.63) is 24.7 Å². The number of amides is 1. The van der Waals surface area contributed by atoms with Crippen LogP contribution in [-0.2, 0) is 4.79 Å². The molecule has 1 amide bonds. The fourth-order valence-corrected chi connectivity index (χ4v) is 2.28. The molecule has 0 aliphatic carbocycles. The Morgan fingerprint density at radius 2 is 2.39 bits per heavy atom. The Morgan fingerprint density at radius 3 is 3.22 bits per heavy atom. The van der Waals surface area contributed by atoms with Crippen molar-refractivity contribution < 1.29 is 4.79 Å². The van der Waals surface area contributed by atoms with E-state index < -0.39 is 0 Å². The Bertz CT molecular complexity index is 580. The molecule has 0 saturated carbocycles. The van der Waals surface area contributed by atoms with E-state index in [1.807, 2.05) is 11.0 Å². The largest absolute Gasteiger partial charge is 0.368 e. The molecule has 3 N–H and O–H groups in total. The molecular formula is C11H14N6O. The van der Waals surface area contributed by atoms with Crippen molar-refractivity contribution in [3.63, 3.8) is 0 Å². The molecule has 3 rings (SSSR count). The van der Waals surface area contributed by atoms with E-state index in [4.69, 9.17) is 5.73 Å². The number of hydrogen-bond donors (Lipinski definition) is 2. The SMILES string of the molecule is NC(=O)C1CNCCN1c1nccn2nccc12. The molecule has 1 unspecified atom stereocenters. The summed E-state index contributed by atoms with van der Waals surface area (Å²) in [6.07, 6.45) is 5.16. The number of nitrogens with two attached hydrogens (primary N) is 1. The lowest BCUT2D eigenvalue weighted by Crippen LogP contribution is -2.57. The quantitative estimate of drug-likeness (QED) is 0.709. The van der Waals surface area contributed by atoms with Crippen LogP contribution in [0.1, 0.15) is 0 Å². The second-order valence-corrected chi connectivity index (χ2v) is 4.23. The van der Waals surface area contributed by atoms with Crippen molar-refractivity contribution in [1.29, 1.82) is 0 Å². The third kappa shape index (κ3) is 1.68. The summed E-state index contributed by atoms with van der Waals surface area (Å²) in [4.78, 5) is 17.8. The van der Waals surface area contributed by atoms with Gasteiger partial charge < -0.3 is 16.0 Å². The number of carbonyl (C=O) groups excluding carboxylic acids is 1. The number of anilines is 1. The normalized spacial score (nSPS) is 20.2. The molecule has 0 aromatic carbocycles. The molecule has 7 nitrogen and oxygen atoms in total. The first-order valence-electron chi connectivity index (χ1n) is 5.82. The zero-order valence-corrected chi connectivity index (χ0v) is 9.78. The fraction of sp³-hybridized carbons (Fsp3) is 0.364. The van der Waals surface area contributed by atoms with Crippen LogP contribution >= 0.6 is 0 Å². The first-order valence-corrected chi connectivity index (χ1v) is 5.82. The maximum Gasteiger partial charge on any atom is 0.241 e. The monoisotopic (exact) mass is 246 g/mol. The van der Waals surface area contributed by atoms with E-state index in [-0.39, 0.29) is 11.9 Å². The Kier molecular flexibility index (Phi) is 2.60. The molecule has 3 heterocycles. The first kappa shape index (κ1) is 11.0. The molecule has 1 atom stereocenters. The van der Waals surface area contributed by atoms with Crippen LogP contribution < -0.4 is 16.0 Å². The summed E-state index contributed by atoms with van der Waals surface area (Å²) in [5, 5.41) is 7.33. The van der Waals surface area contributed by atoms with Crippen molar-refractivity contribution in [2.24, 2.45) is 5.73 Å². The molecule has 0 spiro atoms. The zero-order valence-electron chi connectivity index (χ0n) is 9.78. The molecule has 94 valence electrons. The van der Waals surface area contributed by atoms with Gasteiger partial charge in [-0.2, -0.15) is 5.10 Å². The Balaban J connectivity index is 2.06. The van der Waals surface area contributed by atoms with Crippen molar-refractivity contribution >= 4 is 17.2 Å². The van der Waals surface area contributed by atoms with Gasteiger partial charge in [-0.25, -0.2) is 9.50 Å². The van der Waals surface area contributed by atoms with Gasteiger partial charge in [-0.15, -0.1) is 0 Å². The number of hydrogen-bond acceptors (Lipinski definition) is 5. The standard InChI is InChI=1S/C11H14N6O/c12-10(18)9-7-13-3-5-16(9)11-8-1-2-15-17(8)6-4-14-11/h1-2,4,6,9,13H,3,5,7H2,(H2,12,18). The van der Waals surface area contributed by atoms with Gasteiger partial charge in [0.1, 0.15) is 11.6 Å². The molecule has 0 radical (unpaired) electrons. The summed E-state index contributed by atoms with van der Waals surface area (Å²) in [6.45, 7) is 2.05. The lowest BCUT2D eigenvalue weighted by molar-refractivity contribution is -0.119. The number of carbonyl (C=O) groups is 1. The number of nitrogens with zero attached hydrogens (tertiary/aromatic N) is 4. The topological polar surface area (TPSA) is 88.5 Å². The lowest BCUT2D eigenvalue weighted by atomic mass is 10.2. The molecule has 18 heavy (non-hydrogen) atoms. The van der Waals surface area contributed by atoms with Crippen LogP contribution in [-0.4, -0.2) is 46.2 Å². The molecule has 2 aromatic rings. The average Bonchev–Trinajstić information content (AvgIpc) is 2.86. The number of aromatic nitrogens is 3. The van der Waals surface area contributed by atoms with Crippen LogP contribution in [0.4, 0.5) is 5.82 Å². The van der Waals surface area contributed by atoms with Gasteiger partial charge in [0.2, 0.25) is 5.91 Å². The highest BCUT2D eigenvalue weighted by Crippen LogP contribution is 2.21. The van der Waals surface area contributed by atoms with E-state index in [0.29, 0.717) is 13.1 Å². The molecule has 1 aliphatic rings. The second kappa shape index (κ2) is 4.26. The van der Waals surface area contributed by atoms with Crippen molar-refractivity contribution in [3.8, 4) is 0 Å². The smallest absolute Gasteiger partial charge is 0.241 e. The Morgan fingerprint density at radius 1 is 1.50 bits per heavy atom. The van der Waals surface area contributed by atoms with Gasteiger partial charge >= 0.3 is 0 Å². The molecule has 0 bridgehead atoms. The van der Waals surface area contributed by atoms with E-state index in [1.54, 1.807) is 23.1 Å². The van der Waals surface area contributed by atoms with Gasteiger partial charge in [0.15, 0.2) is 5.82 Å². The van der Waals surface area contributed by atoms with Gasteiger partial charge in [-0.1, -0.05) is 0 Å². The average molecular weight is 246 g/mol. The Hall–Kier alpha value is -2.15. The number of primary amides is 1. The summed E-state index contributed by atoms with van der Waals surface area (Å²) in [7, 11) is 0. The summed E-state index contributed by atoms with van der Waals surface area (Å²) >= 11 is 0. The van der Waals surface area contributed by atoms with Crippen LogP contribution in [0, 0.1) is 0 Å². The van der Waals surface area contributed by atoms with E-state index in [1.165, 1.54) is 0 Å². The third-order valence-corrected chi connectivity index (χ3v) is 3.15. The fourth-order valence-electron chi connectivity index (χ4n) is 2.28. The summed E-state index contributed by atoms with van der Waals surface area (Å²) < 4.78 is 1.74. The predicted molar refractivity (Wildman–Crippen MR) is 66.2 cm³/mol. The molecule has 1 fully saturated rings. The predicted octanol–water partition coefficient (Wildman–Crippen LogP) is -1.01. The third-order valence-electron chi connectivity index (χ3n) is 3.15. The zero-order chi connectivity index (χ0) is 12.5. The van der Waals surface area contributed by atoms with Gasteiger partial charge in [-0.05, 0) is 6.07 Å². The van der Waals surface area contributed by atoms with Crippen molar-refractivity contribution in [2.45, 2.75) is 6.04 Å². The molecule has 2 aromatic heterocycles. The minimum Gasteiger partial charge on any atom is -0.368 e. The second-order valence-electron chi connectivity index (χ2n) is 4.23. The minimum absolute atomic E-state index is 0.342. The van der Waals surface area contributed by atoms with Gasteiger partial charge in [0.25, 0.3) is 0 Å². The highest BCUT2D eigenvalue weighted by Gasteiger charge is 2.29. The Labute approximate surface area is 104 Å². The van der Waals surface area contributed by atoms with Crippen molar-refractivity contribution in [1.82, 2.24) is 19.9 Å². The van der Waals surface area contributed by atoms with Gasteiger partial charge in [-0.3, -0.25) is 4.79 Å². The van der Waals surface area contributed by atoms with Gasteiger partial charge in [0, 0.05) is 32.0 Å². The van der Waals surface area contributed by atoms with Gasteiger partial charge in [0.05, 0.1) is 6.20 Å². The van der Waals surface area contributed by atoms with Crippen molar-refractivity contribution in [2.75, 3.05) is 24.5 Å². The summed E-state index contributed by atoms with van der Waals surface area (Å²) in [5.74, 6) is 0.408. The first-order chi connectivity index (χ1) is 8.77. The maximum absolute atomic E-state index is 11.5. The highest BCUT2D eigenvalue weighted by molar-refractivity contribution is 5.85. The van der Waals surface area contributed by atoms with E-state index in [0.717, 1.165) is 17.9 Å². The number of fused-ring (bicyclic) bond motifs is 1. The maximum atomic E-state index is 11.5. The van der Waals surface area contributed by atoms with Crippen LogP contribution in [0.15, 0.2) is 24.7 Å². The van der Waals surface area contributed by atoms with Crippen LogP contribution in [0.3, 0.4) is 0 Å². The number of rotatable bonds is 2. The summed E-state index contributed by atoms with van der Waals surface area (Å²) in [6, 6.07) is 1.51. The minimum atomic E-state index is -0.368. The van der Waals surface area contributed by atoms with E-state index in [2.05, 4.69) is 15.4 Å². The number of nitrogens with one attached hydrogen (secondary N) is 1. The molecule has 1 saturated heterocycles. The molecular weight excluding hydrogens is 232 g/mol. The molecule has 1 aliphatic heterocycles. The molecule has 7 heteroatoms. The van der Waals surface area contributed by atoms with E-state index >= 15 is 0 Å².